The van der Waals surface area contributed by atoms with Crippen LogP contribution >= 0.6 is 0 Å². The molecule has 0 spiro atoms. The van der Waals surface area contributed by atoms with Crippen molar-refractivity contribution in [2.45, 2.75) is 39.8 Å². The van der Waals surface area contributed by atoms with E-state index in [1.807, 2.05) is 13.0 Å². The van der Waals surface area contributed by atoms with Crippen LogP contribution in [0.5, 0.6) is 5.75 Å². The van der Waals surface area contributed by atoms with Crippen molar-refractivity contribution < 1.29 is 23.5 Å². The number of hydrogen-bond donors (Lipinski definition) is 2. The Balaban J connectivity index is 1.52. The lowest BCUT2D eigenvalue weighted by Crippen LogP contribution is -2.54. The van der Waals surface area contributed by atoms with Crippen LogP contribution in [0.25, 0.3) is 0 Å². The Morgan fingerprint density at radius 2 is 1.88 bits per heavy atom. The van der Waals surface area contributed by atoms with Gasteiger partial charge in [-0.3, -0.25) is 19.3 Å². The molecule has 0 aliphatic carbocycles. The number of rotatable bonds is 9. The number of ether oxygens (including phenoxy) is 1. The van der Waals surface area contributed by atoms with E-state index >= 15 is 0 Å². The van der Waals surface area contributed by atoms with Gasteiger partial charge in [0, 0.05) is 38.4 Å². The highest BCUT2D eigenvalue weighted by molar-refractivity contribution is 6.04. The van der Waals surface area contributed by atoms with Gasteiger partial charge in [0.25, 0.3) is 5.91 Å². The smallest absolute Gasteiger partial charge is 0.275 e. The van der Waals surface area contributed by atoms with E-state index in [2.05, 4.69) is 26.8 Å². The first-order valence-corrected chi connectivity index (χ1v) is 13.6. The van der Waals surface area contributed by atoms with Gasteiger partial charge < -0.3 is 20.7 Å². The number of hydrogen-bond acceptors (Lipinski definition) is 7. The van der Waals surface area contributed by atoms with Gasteiger partial charge in [-0.2, -0.15) is 0 Å². The summed E-state index contributed by atoms with van der Waals surface area (Å²) in [5, 5.41) is 2.72. The third kappa shape index (κ3) is 6.98. The molecule has 4 rings (SSSR count). The number of pyridine rings is 2. The molecule has 220 valence electrons. The van der Waals surface area contributed by atoms with E-state index in [0.29, 0.717) is 54.2 Å². The fourth-order valence-corrected chi connectivity index (χ4v) is 4.92. The molecule has 0 saturated carbocycles. The molecule has 0 unspecified atom stereocenters. The first-order chi connectivity index (χ1) is 20.0. The van der Waals surface area contributed by atoms with Crippen molar-refractivity contribution >= 4 is 23.5 Å². The van der Waals surface area contributed by atoms with Crippen molar-refractivity contribution in [2.24, 2.45) is 5.73 Å². The van der Waals surface area contributed by atoms with Gasteiger partial charge in [0.1, 0.15) is 29.2 Å². The summed E-state index contributed by atoms with van der Waals surface area (Å²) in [6.07, 6.45) is 3.54. The van der Waals surface area contributed by atoms with Crippen molar-refractivity contribution in [3.05, 3.63) is 94.7 Å². The van der Waals surface area contributed by atoms with E-state index < -0.39 is 17.9 Å². The largest absolute Gasteiger partial charge is 0.483 e. The first-order valence-electron chi connectivity index (χ1n) is 13.6. The minimum Gasteiger partial charge on any atom is -0.483 e. The SMILES string of the molecule is C=CC(=O)N1CCN(C[C@@H](Oc2cnc(C(=O)Nc3ncc(C(N)=O)cc3C)c(C)c2)c2ccc(C)c(F)c2)C[C@H]1C. The Hall–Kier alpha value is -4.64. The van der Waals surface area contributed by atoms with Crippen molar-refractivity contribution in [2.75, 3.05) is 31.5 Å². The van der Waals surface area contributed by atoms with Crippen LogP contribution < -0.4 is 15.8 Å². The lowest BCUT2D eigenvalue weighted by molar-refractivity contribution is -0.130. The average Bonchev–Trinajstić information content (AvgIpc) is 2.94. The summed E-state index contributed by atoms with van der Waals surface area (Å²) in [7, 11) is 0. The molecule has 42 heavy (non-hydrogen) atoms. The third-order valence-electron chi connectivity index (χ3n) is 7.30. The quantitative estimate of drug-likeness (QED) is 0.373. The number of carbonyl (C=O) groups is 3. The normalized spacial score (nSPS) is 16.0. The number of anilines is 1. The second-order valence-electron chi connectivity index (χ2n) is 10.5. The molecule has 1 fully saturated rings. The topological polar surface area (TPSA) is 131 Å². The van der Waals surface area contributed by atoms with Crippen molar-refractivity contribution in [3.63, 3.8) is 0 Å². The summed E-state index contributed by atoms with van der Waals surface area (Å²) >= 11 is 0. The average molecular weight is 575 g/mol. The van der Waals surface area contributed by atoms with Crippen molar-refractivity contribution in [3.8, 4) is 5.75 Å². The van der Waals surface area contributed by atoms with Gasteiger partial charge in [-0.15, -0.1) is 0 Å². The zero-order valence-corrected chi connectivity index (χ0v) is 24.2. The highest BCUT2D eigenvalue weighted by Gasteiger charge is 2.29. The summed E-state index contributed by atoms with van der Waals surface area (Å²) in [5.41, 5.74) is 8.06. The first kappa shape index (κ1) is 30.3. The maximum Gasteiger partial charge on any atom is 0.275 e. The van der Waals surface area contributed by atoms with Crippen LogP contribution in [0.2, 0.25) is 0 Å². The molecule has 1 aliphatic heterocycles. The molecule has 3 heterocycles. The fraction of sp³-hybridized carbons (Fsp3) is 0.323. The molecular formula is C31H35FN6O4. The lowest BCUT2D eigenvalue weighted by Gasteiger charge is -2.40. The Morgan fingerprint density at radius 3 is 2.50 bits per heavy atom. The molecule has 0 radical (unpaired) electrons. The van der Waals surface area contributed by atoms with E-state index in [4.69, 9.17) is 10.5 Å². The number of nitrogens with zero attached hydrogens (tertiary/aromatic N) is 4. The number of aromatic nitrogens is 2. The number of primary amides is 1. The van der Waals surface area contributed by atoms with E-state index in [1.165, 1.54) is 24.5 Å². The number of amides is 3. The minimum absolute atomic E-state index is 0.0218. The van der Waals surface area contributed by atoms with Gasteiger partial charge >= 0.3 is 0 Å². The molecule has 1 aliphatic rings. The molecular weight excluding hydrogens is 539 g/mol. The zero-order valence-electron chi connectivity index (χ0n) is 24.2. The van der Waals surface area contributed by atoms with Gasteiger partial charge in [-0.05, 0) is 74.2 Å². The Kier molecular flexibility index (Phi) is 9.31. The molecule has 1 aromatic carbocycles. The number of piperazine rings is 1. The zero-order chi connectivity index (χ0) is 30.6. The van der Waals surface area contributed by atoms with Gasteiger partial charge in [-0.25, -0.2) is 14.4 Å². The number of aryl methyl sites for hydroxylation is 3. The maximum atomic E-state index is 14.6. The molecule has 10 nitrogen and oxygen atoms in total. The molecule has 0 bridgehead atoms. The third-order valence-corrected chi connectivity index (χ3v) is 7.30. The van der Waals surface area contributed by atoms with Gasteiger partial charge in [0.15, 0.2) is 0 Å². The lowest BCUT2D eigenvalue weighted by atomic mass is 10.0. The monoisotopic (exact) mass is 574 g/mol. The number of carbonyl (C=O) groups excluding carboxylic acids is 3. The van der Waals surface area contributed by atoms with Crippen LogP contribution in [0.4, 0.5) is 10.2 Å². The molecule has 3 N–H and O–H groups in total. The predicted octanol–water partition coefficient (Wildman–Crippen LogP) is 3.73. The van der Waals surface area contributed by atoms with Crippen LogP contribution in [-0.2, 0) is 4.79 Å². The van der Waals surface area contributed by atoms with E-state index in [-0.39, 0.29) is 34.8 Å². The highest BCUT2D eigenvalue weighted by atomic mass is 19.1. The summed E-state index contributed by atoms with van der Waals surface area (Å²) in [5.74, 6) is -0.803. The predicted molar refractivity (Wildman–Crippen MR) is 157 cm³/mol. The van der Waals surface area contributed by atoms with E-state index in [9.17, 15) is 18.8 Å². The number of nitrogens with one attached hydrogen (secondary N) is 1. The van der Waals surface area contributed by atoms with Gasteiger partial charge in [0.2, 0.25) is 11.8 Å². The number of halogens is 1. The van der Waals surface area contributed by atoms with Crippen LogP contribution in [-0.4, -0.2) is 69.7 Å². The highest BCUT2D eigenvalue weighted by Crippen LogP contribution is 2.27. The number of benzene rings is 1. The Labute approximate surface area is 244 Å². The summed E-state index contributed by atoms with van der Waals surface area (Å²) in [4.78, 5) is 49.0. The van der Waals surface area contributed by atoms with Crippen molar-refractivity contribution in [1.82, 2.24) is 19.8 Å². The molecule has 2 aromatic heterocycles. The van der Waals surface area contributed by atoms with Crippen LogP contribution in [0.3, 0.4) is 0 Å². The Morgan fingerprint density at radius 1 is 1.12 bits per heavy atom. The molecule has 2 atom stereocenters. The van der Waals surface area contributed by atoms with E-state index in [1.54, 1.807) is 43.9 Å². The summed E-state index contributed by atoms with van der Waals surface area (Å²) in [6, 6.07) is 8.26. The summed E-state index contributed by atoms with van der Waals surface area (Å²) in [6.45, 7) is 13.0. The van der Waals surface area contributed by atoms with Crippen LogP contribution in [0.1, 0.15) is 56.1 Å². The van der Waals surface area contributed by atoms with Crippen LogP contribution in [0.15, 0.2) is 55.4 Å². The molecule has 11 heteroatoms. The minimum atomic E-state index is -0.608. The van der Waals surface area contributed by atoms with Gasteiger partial charge in [0.05, 0.1) is 11.8 Å². The molecule has 3 amide bonds. The molecule has 3 aromatic rings. The number of nitrogens with two attached hydrogens (primary N) is 1. The fourth-order valence-electron chi connectivity index (χ4n) is 4.92. The molecule has 1 saturated heterocycles. The Bertz CT molecular complexity index is 1530. The van der Waals surface area contributed by atoms with Gasteiger partial charge in [-0.1, -0.05) is 18.7 Å². The van der Waals surface area contributed by atoms with Crippen LogP contribution in [0, 0.1) is 26.6 Å². The van der Waals surface area contributed by atoms with Crippen molar-refractivity contribution in [1.29, 1.82) is 0 Å². The second kappa shape index (κ2) is 12.9. The maximum absolute atomic E-state index is 14.6. The standard InChI is InChI=1S/C31H35FN6O4/c1-6-27(39)38-10-9-37(16-21(38)5)17-26(22-8-7-18(2)25(32)13-22)42-24-12-19(3)28(34-15-24)31(41)36-30-20(4)11-23(14-35-30)29(33)40/h6-8,11-15,21,26H,1,9-10,16-17H2,2-5H3,(H2,33,40)(H,35,36,41)/t21-,26-/m1/s1. The summed E-state index contributed by atoms with van der Waals surface area (Å²) < 4.78 is 20.9. The second-order valence-corrected chi connectivity index (χ2v) is 10.5. The van der Waals surface area contributed by atoms with E-state index in [0.717, 1.165) is 0 Å².